The Labute approximate surface area is 171 Å². The lowest BCUT2D eigenvalue weighted by Crippen LogP contribution is -2.31. The number of Topliss-reactive ketones (excluding diaryl/α,β-unsaturated/α-hetero) is 1. The fourth-order valence-corrected chi connectivity index (χ4v) is 4.44. The summed E-state index contributed by atoms with van der Waals surface area (Å²) in [7, 11) is 0. The maximum Gasteiger partial charge on any atom is 0.294 e. The molecule has 29 heavy (non-hydrogen) atoms. The van der Waals surface area contributed by atoms with Crippen molar-refractivity contribution < 1.29 is 19.8 Å². The zero-order valence-electron chi connectivity index (χ0n) is 15.8. The summed E-state index contributed by atoms with van der Waals surface area (Å²) in [5.74, 6) is -1.68. The molecule has 1 aliphatic rings. The number of amides is 1. The van der Waals surface area contributed by atoms with Gasteiger partial charge in [-0.2, -0.15) is 0 Å². The lowest BCUT2D eigenvalue weighted by atomic mass is 9.94. The summed E-state index contributed by atoms with van der Waals surface area (Å²) in [5, 5.41) is 21.4. The molecule has 146 valence electrons. The van der Waals surface area contributed by atoms with Gasteiger partial charge < -0.3 is 10.2 Å². The fraction of sp³-hybridized carbons (Fsp3) is 0.136. The van der Waals surface area contributed by atoms with Gasteiger partial charge in [0, 0.05) is 5.69 Å². The second-order valence-corrected chi connectivity index (χ2v) is 7.95. The number of phenols is 1. The number of para-hydroxylation sites is 1. The Bertz CT molecular complexity index is 1150. The van der Waals surface area contributed by atoms with Crippen molar-refractivity contribution in [3.8, 4) is 5.75 Å². The van der Waals surface area contributed by atoms with E-state index in [1.54, 1.807) is 50.2 Å². The number of aliphatic hydroxyl groups excluding tert-OH is 1. The SMILES string of the molecule is Cc1nc(C)c(C(=O)C2=C(O)C(=O)N(c3ccccc3)C2c2cccc(O)c2)s1. The molecule has 1 atom stereocenters. The number of rotatable bonds is 4. The van der Waals surface area contributed by atoms with E-state index in [-0.39, 0.29) is 11.3 Å². The number of phenolic OH excluding ortho intramolecular Hbond substituents is 1. The first-order chi connectivity index (χ1) is 13.9. The molecule has 1 amide bonds. The van der Waals surface area contributed by atoms with Crippen molar-refractivity contribution in [3.63, 3.8) is 0 Å². The highest BCUT2D eigenvalue weighted by Gasteiger charge is 2.45. The number of hydrogen-bond donors (Lipinski definition) is 2. The maximum atomic E-state index is 13.4. The maximum absolute atomic E-state index is 13.4. The third-order valence-corrected chi connectivity index (χ3v) is 5.85. The molecule has 0 bridgehead atoms. The van der Waals surface area contributed by atoms with Gasteiger partial charge in [0.05, 0.1) is 27.2 Å². The third kappa shape index (κ3) is 3.19. The van der Waals surface area contributed by atoms with Crippen LogP contribution in [-0.4, -0.2) is 26.9 Å². The first-order valence-corrected chi connectivity index (χ1v) is 9.79. The number of nitrogens with zero attached hydrogens (tertiary/aromatic N) is 2. The minimum atomic E-state index is -0.869. The molecule has 1 aliphatic heterocycles. The van der Waals surface area contributed by atoms with Crippen LogP contribution in [0.2, 0.25) is 0 Å². The fourth-order valence-electron chi connectivity index (χ4n) is 3.57. The molecule has 2 N–H and O–H groups in total. The standard InChI is InChI=1S/C22H18N2O4S/c1-12-21(29-13(2)23-12)19(26)17-18(14-7-6-10-16(25)11-14)24(22(28)20(17)27)15-8-4-3-5-9-15/h3-11,18,25,27H,1-2H3. The van der Waals surface area contributed by atoms with Crippen molar-refractivity contribution in [2.24, 2.45) is 0 Å². The van der Waals surface area contributed by atoms with Gasteiger partial charge in [-0.1, -0.05) is 30.3 Å². The van der Waals surface area contributed by atoms with Gasteiger partial charge in [0.25, 0.3) is 5.91 Å². The molecule has 4 rings (SSSR count). The van der Waals surface area contributed by atoms with Gasteiger partial charge in [-0.25, -0.2) is 4.98 Å². The topological polar surface area (TPSA) is 90.7 Å². The summed E-state index contributed by atoms with van der Waals surface area (Å²) >= 11 is 1.22. The van der Waals surface area contributed by atoms with Crippen molar-refractivity contribution >= 4 is 28.7 Å². The van der Waals surface area contributed by atoms with E-state index < -0.39 is 23.5 Å². The molecule has 0 fully saturated rings. The monoisotopic (exact) mass is 406 g/mol. The molecule has 0 saturated heterocycles. The van der Waals surface area contributed by atoms with Crippen LogP contribution in [0.1, 0.15) is 32.0 Å². The Kier molecular flexibility index (Phi) is 4.68. The van der Waals surface area contributed by atoms with Gasteiger partial charge in [0.15, 0.2) is 5.76 Å². The van der Waals surface area contributed by atoms with Gasteiger partial charge in [0.2, 0.25) is 5.78 Å². The number of aromatic hydroxyl groups is 1. The van der Waals surface area contributed by atoms with E-state index in [0.717, 1.165) is 5.01 Å². The quantitative estimate of drug-likeness (QED) is 0.632. The van der Waals surface area contributed by atoms with Crippen LogP contribution >= 0.6 is 11.3 Å². The number of aryl methyl sites for hydroxylation is 2. The van der Waals surface area contributed by atoms with E-state index in [1.807, 2.05) is 6.07 Å². The zero-order chi connectivity index (χ0) is 20.7. The highest BCUT2D eigenvalue weighted by Crippen LogP contribution is 2.43. The Morgan fingerprint density at radius 1 is 1.07 bits per heavy atom. The number of carbonyl (C=O) groups excluding carboxylic acids is 2. The number of hydrogen-bond acceptors (Lipinski definition) is 6. The summed E-state index contributed by atoms with van der Waals surface area (Å²) in [6.07, 6.45) is 0. The van der Waals surface area contributed by atoms with Gasteiger partial charge >= 0.3 is 0 Å². The highest BCUT2D eigenvalue weighted by atomic mass is 32.1. The van der Waals surface area contributed by atoms with Crippen molar-refractivity contribution in [1.82, 2.24) is 4.98 Å². The van der Waals surface area contributed by atoms with Gasteiger partial charge in [0.1, 0.15) is 5.75 Å². The lowest BCUT2D eigenvalue weighted by molar-refractivity contribution is -0.117. The smallest absolute Gasteiger partial charge is 0.294 e. The zero-order valence-corrected chi connectivity index (χ0v) is 16.6. The van der Waals surface area contributed by atoms with Crippen molar-refractivity contribution in [1.29, 1.82) is 0 Å². The Hall–Kier alpha value is -3.45. The summed E-state index contributed by atoms with van der Waals surface area (Å²) < 4.78 is 0. The molecule has 7 heteroatoms. The molecule has 2 heterocycles. The predicted molar refractivity (Wildman–Crippen MR) is 110 cm³/mol. The first-order valence-electron chi connectivity index (χ1n) is 8.98. The largest absolute Gasteiger partial charge is 0.508 e. The minimum absolute atomic E-state index is 0.00552. The summed E-state index contributed by atoms with van der Waals surface area (Å²) in [6.45, 7) is 3.52. The second-order valence-electron chi connectivity index (χ2n) is 6.75. The van der Waals surface area contributed by atoms with Crippen molar-refractivity contribution in [3.05, 3.63) is 87.1 Å². The number of anilines is 1. The number of ketones is 1. The van der Waals surface area contributed by atoms with Crippen LogP contribution in [0.3, 0.4) is 0 Å². The molecular weight excluding hydrogens is 388 g/mol. The molecule has 0 saturated carbocycles. The molecule has 0 aliphatic carbocycles. The number of thiazole rings is 1. The van der Waals surface area contributed by atoms with Crippen LogP contribution in [-0.2, 0) is 4.79 Å². The van der Waals surface area contributed by atoms with Crippen molar-refractivity contribution in [2.75, 3.05) is 4.90 Å². The Morgan fingerprint density at radius 2 is 1.79 bits per heavy atom. The van der Waals surface area contributed by atoms with Crippen LogP contribution in [0.5, 0.6) is 5.75 Å². The van der Waals surface area contributed by atoms with Crippen LogP contribution in [0.4, 0.5) is 5.69 Å². The second kappa shape index (κ2) is 7.18. The average molecular weight is 406 g/mol. The molecule has 2 aromatic carbocycles. The minimum Gasteiger partial charge on any atom is -0.508 e. The molecule has 0 radical (unpaired) electrons. The molecule has 1 aromatic heterocycles. The molecule has 0 spiro atoms. The Balaban J connectivity index is 1.91. The third-order valence-electron chi connectivity index (χ3n) is 4.78. The summed E-state index contributed by atoms with van der Waals surface area (Å²) in [6, 6.07) is 14.3. The number of carbonyl (C=O) groups is 2. The van der Waals surface area contributed by atoms with E-state index in [4.69, 9.17) is 0 Å². The predicted octanol–water partition coefficient (Wildman–Crippen LogP) is 4.25. The molecule has 1 unspecified atom stereocenters. The Morgan fingerprint density at radius 3 is 2.41 bits per heavy atom. The first kappa shape index (κ1) is 18.9. The molecule has 3 aromatic rings. The van der Waals surface area contributed by atoms with E-state index >= 15 is 0 Å². The van der Waals surface area contributed by atoms with E-state index in [1.165, 1.54) is 28.4 Å². The van der Waals surface area contributed by atoms with E-state index in [2.05, 4.69) is 4.98 Å². The van der Waals surface area contributed by atoms with Crippen LogP contribution < -0.4 is 4.90 Å². The number of aromatic nitrogens is 1. The lowest BCUT2D eigenvalue weighted by Gasteiger charge is -2.27. The van der Waals surface area contributed by atoms with Gasteiger partial charge in [-0.05, 0) is 43.7 Å². The summed E-state index contributed by atoms with van der Waals surface area (Å²) in [5.41, 5.74) is 1.60. The van der Waals surface area contributed by atoms with E-state index in [9.17, 15) is 19.8 Å². The summed E-state index contributed by atoms with van der Waals surface area (Å²) in [4.78, 5) is 32.4. The van der Waals surface area contributed by atoms with Gasteiger partial charge in [-0.3, -0.25) is 14.5 Å². The van der Waals surface area contributed by atoms with Crippen LogP contribution in [0.25, 0.3) is 0 Å². The van der Waals surface area contributed by atoms with E-state index in [0.29, 0.717) is 21.8 Å². The van der Waals surface area contributed by atoms with Crippen LogP contribution in [0, 0.1) is 13.8 Å². The number of benzene rings is 2. The number of aliphatic hydroxyl groups is 1. The average Bonchev–Trinajstić information content (AvgIpc) is 3.18. The van der Waals surface area contributed by atoms with Crippen LogP contribution in [0.15, 0.2) is 65.9 Å². The van der Waals surface area contributed by atoms with Crippen molar-refractivity contribution in [2.45, 2.75) is 19.9 Å². The highest BCUT2D eigenvalue weighted by molar-refractivity contribution is 7.14. The normalized spacial score (nSPS) is 16.6. The molecular formula is C22H18N2O4S. The molecule has 6 nitrogen and oxygen atoms in total. The van der Waals surface area contributed by atoms with Gasteiger partial charge in [-0.15, -0.1) is 11.3 Å².